The van der Waals surface area contributed by atoms with Gasteiger partial charge in [-0.15, -0.1) is 0 Å². The Morgan fingerprint density at radius 3 is 1.75 bits per heavy atom. The van der Waals surface area contributed by atoms with Crippen LogP contribution < -0.4 is 0 Å². The standard InChI is InChI=1S/C11H24S/c1-8(2)10(4)11(5)9(3)7-12-6/h8-11H,7H2,1-6H3. The predicted molar refractivity (Wildman–Crippen MR) is 60.7 cm³/mol. The molecule has 0 saturated heterocycles. The fraction of sp³-hybridized carbons (Fsp3) is 1.00. The first-order valence-electron chi connectivity index (χ1n) is 4.99. The van der Waals surface area contributed by atoms with Crippen LogP contribution in [0.4, 0.5) is 0 Å². The highest BCUT2D eigenvalue weighted by molar-refractivity contribution is 7.98. The van der Waals surface area contributed by atoms with E-state index < -0.39 is 0 Å². The Morgan fingerprint density at radius 1 is 0.917 bits per heavy atom. The van der Waals surface area contributed by atoms with Gasteiger partial charge in [0.05, 0.1) is 0 Å². The molecule has 0 fully saturated rings. The fourth-order valence-corrected chi connectivity index (χ4v) is 2.37. The van der Waals surface area contributed by atoms with Crippen molar-refractivity contribution in [3.63, 3.8) is 0 Å². The van der Waals surface area contributed by atoms with E-state index in [-0.39, 0.29) is 0 Å². The highest BCUT2D eigenvalue weighted by atomic mass is 32.2. The lowest BCUT2D eigenvalue weighted by atomic mass is 9.80. The topological polar surface area (TPSA) is 0 Å². The van der Waals surface area contributed by atoms with Crippen LogP contribution in [0.5, 0.6) is 0 Å². The minimum absolute atomic E-state index is 0.823. The van der Waals surface area contributed by atoms with Gasteiger partial charge in [-0.1, -0.05) is 34.6 Å². The summed E-state index contributed by atoms with van der Waals surface area (Å²) in [5, 5.41) is 0. The molecule has 0 aromatic carbocycles. The Kier molecular flexibility index (Phi) is 6.08. The van der Waals surface area contributed by atoms with Crippen molar-refractivity contribution in [2.75, 3.05) is 12.0 Å². The smallest absolute Gasteiger partial charge is 0.00419 e. The van der Waals surface area contributed by atoms with Crippen molar-refractivity contribution < 1.29 is 0 Å². The lowest BCUT2D eigenvalue weighted by Crippen LogP contribution is -2.22. The summed E-state index contributed by atoms with van der Waals surface area (Å²) >= 11 is 1.97. The quantitative estimate of drug-likeness (QED) is 0.630. The highest BCUT2D eigenvalue weighted by Crippen LogP contribution is 2.27. The van der Waals surface area contributed by atoms with E-state index in [1.54, 1.807) is 0 Å². The SMILES string of the molecule is CSCC(C)C(C)C(C)C(C)C. The third-order valence-electron chi connectivity index (χ3n) is 3.21. The van der Waals surface area contributed by atoms with Gasteiger partial charge in [0.25, 0.3) is 0 Å². The second-order valence-electron chi connectivity index (χ2n) is 4.39. The zero-order valence-electron chi connectivity index (χ0n) is 9.42. The largest absolute Gasteiger partial charge is 0.165 e. The highest BCUT2D eigenvalue weighted by Gasteiger charge is 2.20. The Balaban J connectivity index is 3.90. The molecule has 0 aliphatic carbocycles. The Hall–Kier alpha value is 0.350. The number of hydrogen-bond donors (Lipinski definition) is 0. The van der Waals surface area contributed by atoms with E-state index in [9.17, 15) is 0 Å². The molecule has 0 N–H and O–H groups in total. The molecule has 0 aliphatic rings. The van der Waals surface area contributed by atoms with Gasteiger partial charge in [-0.2, -0.15) is 11.8 Å². The zero-order valence-corrected chi connectivity index (χ0v) is 10.2. The molecule has 0 saturated carbocycles. The van der Waals surface area contributed by atoms with E-state index in [4.69, 9.17) is 0 Å². The first-order chi connectivity index (χ1) is 5.50. The van der Waals surface area contributed by atoms with Crippen LogP contribution in [0.25, 0.3) is 0 Å². The average Bonchev–Trinajstić information content (AvgIpc) is 2.02. The van der Waals surface area contributed by atoms with Crippen molar-refractivity contribution >= 4 is 11.8 Å². The molecule has 0 bridgehead atoms. The Morgan fingerprint density at radius 2 is 1.42 bits per heavy atom. The van der Waals surface area contributed by atoms with Crippen molar-refractivity contribution in [1.29, 1.82) is 0 Å². The molecule has 0 radical (unpaired) electrons. The number of rotatable bonds is 5. The van der Waals surface area contributed by atoms with E-state index in [0.717, 1.165) is 23.7 Å². The van der Waals surface area contributed by atoms with Gasteiger partial charge in [0, 0.05) is 0 Å². The first-order valence-corrected chi connectivity index (χ1v) is 6.39. The molecule has 0 rings (SSSR count). The molecule has 3 atom stereocenters. The molecule has 0 aromatic rings. The molecule has 0 aliphatic heterocycles. The third-order valence-corrected chi connectivity index (χ3v) is 4.07. The van der Waals surface area contributed by atoms with E-state index in [2.05, 4.69) is 40.9 Å². The lowest BCUT2D eigenvalue weighted by Gasteiger charge is -2.28. The van der Waals surface area contributed by atoms with Crippen molar-refractivity contribution in [2.24, 2.45) is 23.7 Å². The van der Waals surface area contributed by atoms with Crippen molar-refractivity contribution in [3.8, 4) is 0 Å². The van der Waals surface area contributed by atoms with Crippen LogP contribution in [0.3, 0.4) is 0 Å². The van der Waals surface area contributed by atoms with Crippen LogP contribution in [-0.2, 0) is 0 Å². The monoisotopic (exact) mass is 188 g/mol. The van der Waals surface area contributed by atoms with Gasteiger partial charge in [0.2, 0.25) is 0 Å². The number of thioether (sulfide) groups is 1. The van der Waals surface area contributed by atoms with E-state index >= 15 is 0 Å². The van der Waals surface area contributed by atoms with Gasteiger partial charge < -0.3 is 0 Å². The summed E-state index contributed by atoms with van der Waals surface area (Å²) in [6.45, 7) is 11.8. The van der Waals surface area contributed by atoms with Gasteiger partial charge in [-0.05, 0) is 35.7 Å². The maximum absolute atomic E-state index is 2.39. The van der Waals surface area contributed by atoms with Crippen molar-refractivity contribution in [1.82, 2.24) is 0 Å². The summed E-state index contributed by atoms with van der Waals surface area (Å²) in [6.07, 6.45) is 2.20. The first kappa shape index (κ1) is 12.3. The van der Waals surface area contributed by atoms with Gasteiger partial charge in [0.1, 0.15) is 0 Å². The summed E-state index contributed by atoms with van der Waals surface area (Å²) in [6, 6.07) is 0. The van der Waals surface area contributed by atoms with Gasteiger partial charge in [-0.25, -0.2) is 0 Å². The normalized spacial score (nSPS) is 19.2. The van der Waals surface area contributed by atoms with E-state index in [1.807, 2.05) is 11.8 Å². The van der Waals surface area contributed by atoms with Crippen molar-refractivity contribution in [3.05, 3.63) is 0 Å². The summed E-state index contributed by atoms with van der Waals surface area (Å²) in [7, 11) is 0. The predicted octanol–water partition coefficient (Wildman–Crippen LogP) is 3.91. The molecule has 3 unspecified atom stereocenters. The van der Waals surface area contributed by atoms with Gasteiger partial charge in [-0.3, -0.25) is 0 Å². The summed E-state index contributed by atoms with van der Waals surface area (Å²) < 4.78 is 0. The molecule has 0 aromatic heterocycles. The van der Waals surface area contributed by atoms with Crippen LogP contribution in [0.2, 0.25) is 0 Å². The van der Waals surface area contributed by atoms with Crippen LogP contribution in [0.15, 0.2) is 0 Å². The maximum atomic E-state index is 2.39. The van der Waals surface area contributed by atoms with Gasteiger partial charge in [0.15, 0.2) is 0 Å². The maximum Gasteiger partial charge on any atom is -0.00419 e. The average molecular weight is 188 g/mol. The second-order valence-corrected chi connectivity index (χ2v) is 5.31. The minimum Gasteiger partial charge on any atom is -0.165 e. The Labute approximate surface area is 82.5 Å². The summed E-state index contributed by atoms with van der Waals surface area (Å²) in [4.78, 5) is 0. The lowest BCUT2D eigenvalue weighted by molar-refractivity contribution is 0.238. The molecular formula is C11H24S. The molecule has 0 spiro atoms. The third kappa shape index (κ3) is 3.84. The van der Waals surface area contributed by atoms with E-state index in [0.29, 0.717) is 0 Å². The van der Waals surface area contributed by atoms with Crippen LogP contribution in [0, 0.1) is 23.7 Å². The molecule has 1 heteroatoms. The second kappa shape index (κ2) is 5.90. The molecule has 12 heavy (non-hydrogen) atoms. The molecule has 0 nitrogen and oxygen atoms in total. The number of hydrogen-bond acceptors (Lipinski definition) is 1. The van der Waals surface area contributed by atoms with Crippen LogP contribution in [0.1, 0.15) is 34.6 Å². The van der Waals surface area contributed by atoms with Crippen LogP contribution in [-0.4, -0.2) is 12.0 Å². The Bertz CT molecular complexity index is 110. The van der Waals surface area contributed by atoms with Crippen molar-refractivity contribution in [2.45, 2.75) is 34.6 Å². The fourth-order valence-electron chi connectivity index (χ4n) is 1.54. The minimum atomic E-state index is 0.823. The molecule has 0 amide bonds. The molecule has 0 heterocycles. The summed E-state index contributed by atoms with van der Waals surface area (Å²) in [5.41, 5.74) is 0. The molecular weight excluding hydrogens is 164 g/mol. The van der Waals surface area contributed by atoms with Crippen LogP contribution >= 0.6 is 11.8 Å². The zero-order chi connectivity index (χ0) is 9.72. The molecule has 74 valence electrons. The van der Waals surface area contributed by atoms with E-state index in [1.165, 1.54) is 5.75 Å². The summed E-state index contributed by atoms with van der Waals surface area (Å²) in [5.74, 6) is 4.70. The van der Waals surface area contributed by atoms with Gasteiger partial charge >= 0.3 is 0 Å².